The van der Waals surface area contributed by atoms with E-state index in [1.165, 1.54) is 23.9 Å². The number of aromatic nitrogens is 1. The van der Waals surface area contributed by atoms with E-state index < -0.39 is 0 Å². The van der Waals surface area contributed by atoms with Crippen LogP contribution in [0.2, 0.25) is 0 Å². The van der Waals surface area contributed by atoms with Crippen LogP contribution in [0, 0.1) is 6.92 Å². The fraction of sp³-hybridized carbons (Fsp3) is 0.250. The highest BCUT2D eigenvalue weighted by Crippen LogP contribution is 2.39. The average molecular weight is 355 g/mol. The second kappa shape index (κ2) is 6.84. The number of fused-ring (bicyclic) bond motifs is 1. The molecule has 0 spiro atoms. The van der Waals surface area contributed by atoms with Crippen molar-refractivity contribution in [3.63, 3.8) is 0 Å². The predicted molar refractivity (Wildman–Crippen MR) is 102 cm³/mol. The third-order valence-electron chi connectivity index (χ3n) is 4.29. The molecule has 1 heterocycles. The van der Waals surface area contributed by atoms with Crippen molar-refractivity contribution in [3.8, 4) is 11.5 Å². The summed E-state index contributed by atoms with van der Waals surface area (Å²) in [5.41, 5.74) is 3.05. The Morgan fingerprint density at radius 1 is 1.12 bits per heavy atom. The molecule has 0 fully saturated rings. The zero-order chi connectivity index (χ0) is 18.1. The monoisotopic (exact) mass is 355 g/mol. The molecule has 0 amide bonds. The van der Waals surface area contributed by atoms with E-state index in [9.17, 15) is 15.0 Å². The van der Waals surface area contributed by atoms with E-state index in [0.717, 1.165) is 29.1 Å². The molecule has 2 aromatic carbocycles. The third-order valence-corrected chi connectivity index (χ3v) is 5.10. The van der Waals surface area contributed by atoms with Crippen LogP contribution in [-0.4, -0.2) is 26.8 Å². The summed E-state index contributed by atoms with van der Waals surface area (Å²) in [6, 6.07) is 10.5. The number of phenolic OH excluding ortho intramolecular Hbond substituents is 2. The summed E-state index contributed by atoms with van der Waals surface area (Å²) < 4.78 is 2.04. The second-order valence-corrected chi connectivity index (χ2v) is 6.88. The van der Waals surface area contributed by atoms with Crippen LogP contribution < -0.4 is 0 Å². The Balaban J connectivity index is 2.30. The van der Waals surface area contributed by atoms with Crippen LogP contribution in [0.3, 0.4) is 0 Å². The number of hydrogen-bond acceptors (Lipinski definition) is 4. The van der Waals surface area contributed by atoms with E-state index >= 15 is 0 Å². The molecule has 5 heteroatoms. The third kappa shape index (κ3) is 3.00. The van der Waals surface area contributed by atoms with Crippen LogP contribution in [0.5, 0.6) is 11.5 Å². The first kappa shape index (κ1) is 17.4. The lowest BCUT2D eigenvalue weighted by Crippen LogP contribution is -2.04. The molecule has 1 aromatic heterocycles. The van der Waals surface area contributed by atoms with E-state index in [4.69, 9.17) is 0 Å². The number of carbonyl (C=O) groups excluding carboxylic acids is 1. The van der Waals surface area contributed by atoms with Crippen LogP contribution in [0.15, 0.2) is 41.4 Å². The van der Waals surface area contributed by atoms with Crippen LogP contribution in [0.25, 0.3) is 10.9 Å². The van der Waals surface area contributed by atoms with Gasteiger partial charge < -0.3 is 14.8 Å². The summed E-state index contributed by atoms with van der Waals surface area (Å²) in [7, 11) is 0. The topological polar surface area (TPSA) is 62.5 Å². The normalized spacial score (nSPS) is 11.2. The standard InChI is InChI=1S/C20H21NO3S/c1-4-9-21-15-11-17(23)16(22)10-14(15)18(20(21)25-3)19(24)13-7-5-12(2)6-8-13/h5-8,10-11,22-23H,4,9H2,1-3H3. The maximum absolute atomic E-state index is 13.2. The molecule has 0 saturated carbocycles. The molecule has 0 unspecified atom stereocenters. The smallest absolute Gasteiger partial charge is 0.196 e. The van der Waals surface area contributed by atoms with Gasteiger partial charge in [-0.25, -0.2) is 0 Å². The highest BCUT2D eigenvalue weighted by Gasteiger charge is 2.24. The minimum Gasteiger partial charge on any atom is -0.504 e. The molecule has 0 atom stereocenters. The highest BCUT2D eigenvalue weighted by molar-refractivity contribution is 7.98. The van der Waals surface area contributed by atoms with Gasteiger partial charge in [-0.1, -0.05) is 36.8 Å². The number of carbonyl (C=O) groups is 1. The number of rotatable bonds is 5. The van der Waals surface area contributed by atoms with Gasteiger partial charge in [0.15, 0.2) is 17.3 Å². The minimum atomic E-state index is -0.216. The Kier molecular flexibility index (Phi) is 4.77. The summed E-state index contributed by atoms with van der Waals surface area (Å²) in [4.78, 5) is 13.2. The molecule has 130 valence electrons. The first-order valence-corrected chi connectivity index (χ1v) is 9.44. The largest absolute Gasteiger partial charge is 0.504 e. The number of phenols is 2. The van der Waals surface area contributed by atoms with Gasteiger partial charge >= 0.3 is 0 Å². The molecule has 0 saturated heterocycles. The summed E-state index contributed by atoms with van der Waals surface area (Å²) >= 11 is 1.50. The lowest BCUT2D eigenvalue weighted by molar-refractivity contribution is 0.103. The van der Waals surface area contributed by atoms with Crippen molar-refractivity contribution >= 4 is 28.4 Å². The Morgan fingerprint density at radius 2 is 1.76 bits per heavy atom. The quantitative estimate of drug-likeness (QED) is 0.395. The maximum Gasteiger partial charge on any atom is 0.196 e. The Labute approximate surface area is 151 Å². The molecule has 0 aliphatic rings. The van der Waals surface area contributed by atoms with E-state index in [2.05, 4.69) is 6.92 Å². The molecule has 2 N–H and O–H groups in total. The molecule has 0 aliphatic heterocycles. The molecular weight excluding hydrogens is 334 g/mol. The molecule has 25 heavy (non-hydrogen) atoms. The summed E-state index contributed by atoms with van der Waals surface area (Å²) in [5, 5.41) is 21.4. The number of hydrogen-bond donors (Lipinski definition) is 2. The van der Waals surface area contributed by atoms with Gasteiger partial charge in [0, 0.05) is 23.6 Å². The first-order chi connectivity index (χ1) is 12.0. The Morgan fingerprint density at radius 3 is 2.36 bits per heavy atom. The molecule has 0 radical (unpaired) electrons. The van der Waals surface area contributed by atoms with Crippen LogP contribution in [0.4, 0.5) is 0 Å². The first-order valence-electron chi connectivity index (χ1n) is 8.21. The minimum absolute atomic E-state index is 0.0747. The number of benzene rings is 2. The molecular formula is C20H21NO3S. The van der Waals surface area contributed by atoms with Gasteiger partial charge in [-0.2, -0.15) is 0 Å². The van der Waals surface area contributed by atoms with E-state index in [1.54, 1.807) is 0 Å². The van der Waals surface area contributed by atoms with Gasteiger partial charge in [0.05, 0.1) is 16.1 Å². The van der Waals surface area contributed by atoms with Gasteiger partial charge in [0.1, 0.15) is 0 Å². The zero-order valence-corrected chi connectivity index (χ0v) is 15.4. The van der Waals surface area contributed by atoms with Crippen molar-refractivity contribution < 1.29 is 15.0 Å². The molecule has 3 aromatic rings. The molecule has 0 aliphatic carbocycles. The molecule has 0 bridgehead atoms. The van der Waals surface area contributed by atoms with Crippen LogP contribution in [0.1, 0.15) is 34.8 Å². The maximum atomic E-state index is 13.2. The van der Waals surface area contributed by atoms with E-state index in [1.807, 2.05) is 42.0 Å². The van der Waals surface area contributed by atoms with Gasteiger partial charge in [-0.3, -0.25) is 4.79 Å². The number of thioether (sulfide) groups is 1. The second-order valence-electron chi connectivity index (χ2n) is 6.09. The van der Waals surface area contributed by atoms with Crippen LogP contribution >= 0.6 is 11.8 Å². The highest BCUT2D eigenvalue weighted by atomic mass is 32.2. The molecule has 4 nitrogen and oxygen atoms in total. The average Bonchev–Trinajstić information content (AvgIpc) is 2.88. The van der Waals surface area contributed by atoms with Gasteiger partial charge in [-0.05, 0) is 25.7 Å². The van der Waals surface area contributed by atoms with Gasteiger partial charge in [0.25, 0.3) is 0 Å². The summed E-state index contributed by atoms with van der Waals surface area (Å²) in [5.74, 6) is -0.467. The van der Waals surface area contributed by atoms with E-state index in [-0.39, 0.29) is 17.3 Å². The van der Waals surface area contributed by atoms with Crippen molar-refractivity contribution in [2.45, 2.75) is 31.8 Å². The van der Waals surface area contributed by atoms with Crippen molar-refractivity contribution in [2.24, 2.45) is 0 Å². The molecule has 3 rings (SSSR count). The number of ketones is 1. The summed E-state index contributed by atoms with van der Waals surface area (Å²) in [6.45, 7) is 4.78. The number of aromatic hydroxyl groups is 2. The van der Waals surface area contributed by atoms with Crippen molar-refractivity contribution in [2.75, 3.05) is 6.26 Å². The Bertz CT molecular complexity index is 942. The van der Waals surface area contributed by atoms with Gasteiger partial charge in [-0.15, -0.1) is 11.8 Å². The van der Waals surface area contributed by atoms with Crippen LogP contribution in [-0.2, 0) is 6.54 Å². The lowest BCUT2D eigenvalue weighted by atomic mass is 10.0. The Hall–Kier alpha value is -2.40. The number of aryl methyl sites for hydroxylation is 2. The zero-order valence-electron chi connectivity index (χ0n) is 14.5. The lowest BCUT2D eigenvalue weighted by Gasteiger charge is -2.09. The van der Waals surface area contributed by atoms with Crippen molar-refractivity contribution in [3.05, 3.63) is 53.1 Å². The number of nitrogens with zero attached hydrogens (tertiary/aromatic N) is 1. The van der Waals surface area contributed by atoms with Gasteiger partial charge in [0.2, 0.25) is 0 Å². The fourth-order valence-corrected chi connectivity index (χ4v) is 3.89. The van der Waals surface area contributed by atoms with Crippen molar-refractivity contribution in [1.82, 2.24) is 4.57 Å². The van der Waals surface area contributed by atoms with E-state index in [0.29, 0.717) is 16.5 Å². The SMILES string of the molecule is CCCn1c(SC)c(C(=O)c2ccc(C)cc2)c2cc(O)c(O)cc21. The van der Waals surface area contributed by atoms with Crippen molar-refractivity contribution in [1.29, 1.82) is 0 Å². The summed E-state index contributed by atoms with van der Waals surface area (Å²) in [6.07, 6.45) is 2.84. The fourth-order valence-electron chi connectivity index (χ4n) is 3.08. The predicted octanol–water partition coefficient (Wildman–Crippen LogP) is 4.72.